The van der Waals surface area contributed by atoms with E-state index >= 15 is 0 Å². The van der Waals surface area contributed by atoms with E-state index in [1.165, 1.54) is 28.6 Å². The summed E-state index contributed by atoms with van der Waals surface area (Å²) < 4.78 is 26.6. The molecule has 11 heteroatoms. The summed E-state index contributed by atoms with van der Waals surface area (Å²) in [6.07, 6.45) is 0. The molecular formula is C18H20Cl2N4O3S2. The molecule has 0 unspecified atom stereocenters. The number of hydrogen-bond donors (Lipinski definition) is 3. The molecule has 2 aromatic carbocycles. The maximum absolute atomic E-state index is 12.6. The Balaban J connectivity index is 2.05. The molecule has 0 radical (unpaired) electrons. The molecule has 7 nitrogen and oxygen atoms in total. The number of hydrazine groups is 1. The standard InChI is InChI=1S/C18H20Cl2N4O3S2/c1-3-24(4-2)29(26,27)14-7-5-6-12(10-14)17(25)22-23-18(28)21-16-9-8-13(19)11-15(16)20/h5-11H,3-4H2,1-2H3,(H,22,25)(H2,21,23,28). The van der Waals surface area contributed by atoms with Gasteiger partial charge in [-0.05, 0) is 48.6 Å². The van der Waals surface area contributed by atoms with E-state index in [-0.39, 0.29) is 15.6 Å². The lowest BCUT2D eigenvalue weighted by atomic mass is 10.2. The zero-order chi connectivity index (χ0) is 21.6. The van der Waals surface area contributed by atoms with Crippen molar-refractivity contribution in [1.82, 2.24) is 15.2 Å². The Morgan fingerprint density at radius 1 is 1.07 bits per heavy atom. The van der Waals surface area contributed by atoms with E-state index in [0.29, 0.717) is 28.8 Å². The predicted molar refractivity (Wildman–Crippen MR) is 120 cm³/mol. The fraction of sp³-hybridized carbons (Fsp3) is 0.222. The zero-order valence-electron chi connectivity index (χ0n) is 15.7. The highest BCUT2D eigenvalue weighted by molar-refractivity contribution is 7.89. The van der Waals surface area contributed by atoms with Gasteiger partial charge in [-0.3, -0.25) is 15.6 Å². The van der Waals surface area contributed by atoms with Crippen LogP contribution in [0, 0.1) is 0 Å². The molecular weight excluding hydrogens is 455 g/mol. The van der Waals surface area contributed by atoms with Gasteiger partial charge in [-0.25, -0.2) is 8.42 Å². The van der Waals surface area contributed by atoms with Gasteiger partial charge in [0.1, 0.15) is 0 Å². The van der Waals surface area contributed by atoms with Crippen molar-refractivity contribution in [3.05, 3.63) is 58.1 Å². The molecule has 1 amide bonds. The number of sulfonamides is 1. The molecule has 156 valence electrons. The minimum absolute atomic E-state index is 0.0440. The minimum Gasteiger partial charge on any atom is -0.330 e. The van der Waals surface area contributed by atoms with Crippen LogP contribution in [-0.2, 0) is 10.0 Å². The number of benzene rings is 2. The molecule has 2 aromatic rings. The van der Waals surface area contributed by atoms with Crippen LogP contribution in [0.2, 0.25) is 10.0 Å². The molecule has 0 heterocycles. The number of carbonyl (C=O) groups is 1. The fourth-order valence-electron chi connectivity index (χ4n) is 2.44. The molecule has 0 aliphatic rings. The van der Waals surface area contributed by atoms with Crippen molar-refractivity contribution < 1.29 is 13.2 Å². The van der Waals surface area contributed by atoms with Gasteiger partial charge in [0, 0.05) is 23.7 Å². The highest BCUT2D eigenvalue weighted by Gasteiger charge is 2.22. The minimum atomic E-state index is -3.67. The molecule has 0 bridgehead atoms. The van der Waals surface area contributed by atoms with Crippen molar-refractivity contribution in [2.75, 3.05) is 18.4 Å². The molecule has 0 aliphatic heterocycles. The van der Waals surface area contributed by atoms with Crippen LogP contribution in [0.25, 0.3) is 0 Å². The summed E-state index contributed by atoms with van der Waals surface area (Å²) in [6.45, 7) is 4.18. The van der Waals surface area contributed by atoms with Gasteiger partial charge in [-0.2, -0.15) is 4.31 Å². The first-order valence-corrected chi connectivity index (χ1v) is 11.2. The lowest BCUT2D eigenvalue weighted by Gasteiger charge is -2.18. The molecule has 2 rings (SSSR count). The molecule has 0 saturated heterocycles. The summed E-state index contributed by atoms with van der Waals surface area (Å²) >= 11 is 17.0. The Morgan fingerprint density at radius 3 is 2.38 bits per heavy atom. The number of hydrogen-bond acceptors (Lipinski definition) is 4. The SMILES string of the molecule is CCN(CC)S(=O)(=O)c1cccc(C(=O)NNC(=S)Nc2ccc(Cl)cc2Cl)c1. The summed E-state index contributed by atoms with van der Waals surface area (Å²) in [4.78, 5) is 12.4. The number of halogens is 2. The predicted octanol–water partition coefficient (Wildman–Crippen LogP) is 3.66. The highest BCUT2D eigenvalue weighted by Crippen LogP contribution is 2.25. The van der Waals surface area contributed by atoms with Crippen molar-refractivity contribution in [3.63, 3.8) is 0 Å². The van der Waals surface area contributed by atoms with Crippen molar-refractivity contribution in [2.24, 2.45) is 0 Å². The third-order valence-electron chi connectivity index (χ3n) is 3.91. The Labute approximate surface area is 185 Å². The average molecular weight is 475 g/mol. The molecule has 0 aliphatic carbocycles. The number of thiocarbonyl (C=S) groups is 1. The van der Waals surface area contributed by atoms with Gasteiger partial charge in [-0.15, -0.1) is 0 Å². The Hall–Kier alpha value is -1.91. The van der Waals surface area contributed by atoms with E-state index < -0.39 is 15.9 Å². The molecule has 0 atom stereocenters. The first-order chi connectivity index (χ1) is 13.7. The maximum Gasteiger partial charge on any atom is 0.269 e. The highest BCUT2D eigenvalue weighted by atomic mass is 35.5. The molecule has 0 aromatic heterocycles. The van der Waals surface area contributed by atoms with Gasteiger partial charge in [0.15, 0.2) is 5.11 Å². The van der Waals surface area contributed by atoms with Gasteiger partial charge in [0.25, 0.3) is 5.91 Å². The summed E-state index contributed by atoms with van der Waals surface area (Å²) in [5.74, 6) is -0.548. The van der Waals surface area contributed by atoms with E-state index in [2.05, 4.69) is 16.2 Å². The number of carbonyl (C=O) groups excluding carboxylic acids is 1. The second-order valence-electron chi connectivity index (χ2n) is 5.77. The van der Waals surface area contributed by atoms with Crippen LogP contribution in [0.1, 0.15) is 24.2 Å². The normalized spacial score (nSPS) is 11.2. The lowest BCUT2D eigenvalue weighted by Crippen LogP contribution is -2.43. The van der Waals surface area contributed by atoms with E-state index in [4.69, 9.17) is 35.4 Å². The molecule has 29 heavy (non-hydrogen) atoms. The molecule has 0 spiro atoms. The topological polar surface area (TPSA) is 90.5 Å². The summed E-state index contributed by atoms with van der Waals surface area (Å²) in [5, 5.41) is 3.76. The third-order valence-corrected chi connectivity index (χ3v) is 6.71. The van der Waals surface area contributed by atoms with Crippen LogP contribution < -0.4 is 16.2 Å². The van der Waals surface area contributed by atoms with E-state index in [0.717, 1.165) is 0 Å². The summed E-state index contributed by atoms with van der Waals surface area (Å²) in [5.41, 5.74) is 5.63. The van der Waals surface area contributed by atoms with Crippen LogP contribution in [-0.4, -0.2) is 36.8 Å². The first-order valence-electron chi connectivity index (χ1n) is 8.61. The van der Waals surface area contributed by atoms with Gasteiger partial charge in [0.2, 0.25) is 10.0 Å². The van der Waals surface area contributed by atoms with E-state index in [9.17, 15) is 13.2 Å². The van der Waals surface area contributed by atoms with Crippen molar-refractivity contribution >= 4 is 62.2 Å². The van der Waals surface area contributed by atoms with Crippen molar-refractivity contribution in [1.29, 1.82) is 0 Å². The average Bonchev–Trinajstić information content (AvgIpc) is 2.69. The van der Waals surface area contributed by atoms with Gasteiger partial charge >= 0.3 is 0 Å². The van der Waals surface area contributed by atoms with E-state index in [1.807, 2.05) is 0 Å². The van der Waals surface area contributed by atoms with Crippen LogP contribution in [0.3, 0.4) is 0 Å². The first kappa shape index (κ1) is 23.4. The number of anilines is 1. The summed E-state index contributed by atoms with van der Waals surface area (Å²) in [6, 6.07) is 10.6. The monoisotopic (exact) mass is 474 g/mol. The van der Waals surface area contributed by atoms with Crippen molar-refractivity contribution in [2.45, 2.75) is 18.7 Å². The fourth-order valence-corrected chi connectivity index (χ4v) is 4.56. The Bertz CT molecular complexity index is 1010. The van der Waals surface area contributed by atoms with Gasteiger partial charge < -0.3 is 5.32 Å². The van der Waals surface area contributed by atoms with Crippen molar-refractivity contribution in [3.8, 4) is 0 Å². The quantitative estimate of drug-likeness (QED) is 0.437. The van der Waals surface area contributed by atoms with Crippen LogP contribution in [0.4, 0.5) is 5.69 Å². The van der Waals surface area contributed by atoms with Crippen LogP contribution in [0.5, 0.6) is 0 Å². The number of nitrogens with zero attached hydrogens (tertiary/aromatic N) is 1. The lowest BCUT2D eigenvalue weighted by molar-refractivity contribution is 0.0944. The number of amides is 1. The van der Waals surface area contributed by atoms with E-state index in [1.54, 1.807) is 32.0 Å². The van der Waals surface area contributed by atoms with Crippen LogP contribution in [0.15, 0.2) is 47.4 Å². The molecule has 0 saturated carbocycles. The van der Waals surface area contributed by atoms with Gasteiger partial charge in [0.05, 0.1) is 15.6 Å². The van der Waals surface area contributed by atoms with Gasteiger partial charge in [-0.1, -0.05) is 43.1 Å². The number of nitrogens with one attached hydrogen (secondary N) is 3. The van der Waals surface area contributed by atoms with Crippen LogP contribution >= 0.6 is 35.4 Å². The second-order valence-corrected chi connectivity index (χ2v) is 8.96. The Morgan fingerprint density at radius 2 is 1.76 bits per heavy atom. The largest absolute Gasteiger partial charge is 0.330 e. The molecule has 0 fully saturated rings. The zero-order valence-corrected chi connectivity index (χ0v) is 18.8. The Kier molecular flexibility index (Phi) is 8.23. The molecule has 3 N–H and O–H groups in total. The number of rotatable bonds is 6. The third kappa shape index (κ3) is 6.03. The smallest absolute Gasteiger partial charge is 0.269 e. The summed E-state index contributed by atoms with van der Waals surface area (Å²) in [7, 11) is -3.67. The second kappa shape index (κ2) is 10.2. The maximum atomic E-state index is 12.6.